The van der Waals surface area contributed by atoms with E-state index in [0.717, 1.165) is 11.4 Å². The van der Waals surface area contributed by atoms with Crippen molar-refractivity contribution in [3.8, 4) is 5.75 Å². The zero-order valence-electron chi connectivity index (χ0n) is 10.0. The summed E-state index contributed by atoms with van der Waals surface area (Å²) in [7, 11) is 1.65. The average Bonchev–Trinajstić information content (AvgIpc) is 2.68. The molecule has 0 spiro atoms. The second-order valence-electron chi connectivity index (χ2n) is 4.85. The van der Waals surface area contributed by atoms with Crippen LogP contribution in [0.4, 0.5) is 11.4 Å². The average molecular weight is 220 g/mol. The van der Waals surface area contributed by atoms with Crippen LogP contribution in [0, 0.1) is 0 Å². The van der Waals surface area contributed by atoms with Crippen molar-refractivity contribution in [2.45, 2.75) is 38.1 Å². The van der Waals surface area contributed by atoms with Crippen LogP contribution in [0.1, 0.15) is 32.6 Å². The summed E-state index contributed by atoms with van der Waals surface area (Å²) in [5, 5.41) is 3.58. The normalized spacial score (nSPS) is 18.4. The van der Waals surface area contributed by atoms with Gasteiger partial charge in [0.25, 0.3) is 0 Å². The molecule has 1 fully saturated rings. The molecule has 0 aromatic heterocycles. The molecule has 1 aliphatic rings. The predicted octanol–water partition coefficient (Wildman–Crippen LogP) is 3.02. The molecule has 88 valence electrons. The van der Waals surface area contributed by atoms with Gasteiger partial charge in [-0.25, -0.2) is 0 Å². The number of hydrogen-bond acceptors (Lipinski definition) is 3. The zero-order chi connectivity index (χ0) is 11.6. The molecule has 0 unspecified atom stereocenters. The van der Waals surface area contributed by atoms with Crippen LogP contribution in [0.15, 0.2) is 18.2 Å². The Kier molecular flexibility index (Phi) is 2.95. The van der Waals surface area contributed by atoms with Crippen LogP contribution in [0.5, 0.6) is 5.75 Å². The summed E-state index contributed by atoms with van der Waals surface area (Å²) in [4.78, 5) is 0. The van der Waals surface area contributed by atoms with Gasteiger partial charge in [0.05, 0.1) is 12.8 Å². The van der Waals surface area contributed by atoms with Gasteiger partial charge in [-0.05, 0) is 31.9 Å². The summed E-state index contributed by atoms with van der Waals surface area (Å²) in [5.41, 5.74) is 7.80. The van der Waals surface area contributed by atoms with E-state index in [-0.39, 0.29) is 5.54 Å². The van der Waals surface area contributed by atoms with Crippen LogP contribution in [0.25, 0.3) is 0 Å². The molecule has 0 saturated heterocycles. The summed E-state index contributed by atoms with van der Waals surface area (Å²) < 4.78 is 5.22. The molecule has 2 rings (SSSR count). The SMILES string of the molecule is COc1cc(NC2(C)CCCC2)ccc1N. The summed E-state index contributed by atoms with van der Waals surface area (Å²) in [6.07, 6.45) is 5.10. The number of methoxy groups -OCH3 is 1. The van der Waals surface area contributed by atoms with Gasteiger partial charge in [-0.1, -0.05) is 12.8 Å². The molecule has 3 heteroatoms. The fourth-order valence-electron chi connectivity index (χ4n) is 2.42. The molecular weight excluding hydrogens is 200 g/mol. The van der Waals surface area contributed by atoms with Crippen molar-refractivity contribution in [2.24, 2.45) is 0 Å². The lowest BCUT2D eigenvalue weighted by Crippen LogP contribution is -2.30. The van der Waals surface area contributed by atoms with E-state index in [4.69, 9.17) is 10.5 Å². The van der Waals surface area contributed by atoms with Crippen LogP contribution >= 0.6 is 0 Å². The van der Waals surface area contributed by atoms with Crippen LogP contribution in [0.3, 0.4) is 0 Å². The molecule has 0 radical (unpaired) electrons. The lowest BCUT2D eigenvalue weighted by molar-refractivity contribution is 0.417. The number of nitrogens with one attached hydrogen (secondary N) is 1. The summed E-state index contributed by atoms with van der Waals surface area (Å²) >= 11 is 0. The first-order chi connectivity index (χ1) is 7.63. The van der Waals surface area contributed by atoms with Crippen molar-refractivity contribution in [1.29, 1.82) is 0 Å². The zero-order valence-corrected chi connectivity index (χ0v) is 10.0. The molecule has 16 heavy (non-hydrogen) atoms. The van der Waals surface area contributed by atoms with Gasteiger partial charge in [0.1, 0.15) is 5.75 Å². The minimum Gasteiger partial charge on any atom is -0.495 e. The van der Waals surface area contributed by atoms with Crippen LogP contribution < -0.4 is 15.8 Å². The van der Waals surface area contributed by atoms with E-state index in [1.54, 1.807) is 7.11 Å². The van der Waals surface area contributed by atoms with E-state index in [9.17, 15) is 0 Å². The Morgan fingerprint density at radius 1 is 1.31 bits per heavy atom. The second-order valence-corrected chi connectivity index (χ2v) is 4.85. The van der Waals surface area contributed by atoms with Gasteiger partial charge < -0.3 is 15.8 Å². The third-order valence-corrected chi connectivity index (χ3v) is 3.39. The minimum absolute atomic E-state index is 0.237. The summed E-state index contributed by atoms with van der Waals surface area (Å²) in [6, 6.07) is 5.87. The maximum atomic E-state index is 5.79. The Balaban J connectivity index is 2.15. The van der Waals surface area contributed by atoms with E-state index < -0.39 is 0 Å². The van der Waals surface area contributed by atoms with Crippen molar-refractivity contribution in [2.75, 3.05) is 18.2 Å². The lowest BCUT2D eigenvalue weighted by Gasteiger charge is -2.27. The molecule has 0 aliphatic heterocycles. The van der Waals surface area contributed by atoms with Crippen molar-refractivity contribution < 1.29 is 4.74 Å². The molecule has 1 aliphatic carbocycles. The molecule has 0 bridgehead atoms. The van der Waals surface area contributed by atoms with Crippen LogP contribution in [-0.2, 0) is 0 Å². The van der Waals surface area contributed by atoms with E-state index in [2.05, 4.69) is 12.2 Å². The quantitative estimate of drug-likeness (QED) is 0.770. The standard InChI is InChI=1S/C13H20N2O/c1-13(7-3-4-8-13)15-10-5-6-11(14)12(9-10)16-2/h5-6,9,15H,3-4,7-8,14H2,1-2H3. The summed E-state index contributed by atoms with van der Waals surface area (Å²) in [5.74, 6) is 0.742. The Morgan fingerprint density at radius 2 is 2.00 bits per heavy atom. The number of benzene rings is 1. The summed E-state index contributed by atoms with van der Waals surface area (Å²) in [6.45, 7) is 2.28. The first-order valence-electron chi connectivity index (χ1n) is 5.85. The van der Waals surface area contributed by atoms with Gasteiger partial charge in [0.15, 0.2) is 0 Å². The highest BCUT2D eigenvalue weighted by Gasteiger charge is 2.28. The molecule has 3 N–H and O–H groups in total. The lowest BCUT2D eigenvalue weighted by atomic mass is 10.0. The van der Waals surface area contributed by atoms with Gasteiger partial charge in [0, 0.05) is 17.3 Å². The number of nitrogens with two attached hydrogens (primary N) is 1. The maximum absolute atomic E-state index is 5.79. The van der Waals surface area contributed by atoms with Crippen molar-refractivity contribution in [3.05, 3.63) is 18.2 Å². The van der Waals surface area contributed by atoms with Crippen molar-refractivity contribution in [1.82, 2.24) is 0 Å². The highest BCUT2D eigenvalue weighted by Crippen LogP contribution is 2.34. The molecule has 1 aromatic rings. The third kappa shape index (κ3) is 2.23. The van der Waals surface area contributed by atoms with Gasteiger partial charge in [0.2, 0.25) is 0 Å². The second kappa shape index (κ2) is 4.24. The largest absolute Gasteiger partial charge is 0.495 e. The first kappa shape index (κ1) is 11.1. The van der Waals surface area contributed by atoms with E-state index >= 15 is 0 Å². The molecule has 0 atom stereocenters. The number of hydrogen-bond donors (Lipinski definition) is 2. The Hall–Kier alpha value is -1.38. The topological polar surface area (TPSA) is 47.3 Å². The maximum Gasteiger partial charge on any atom is 0.143 e. The monoisotopic (exact) mass is 220 g/mol. The number of rotatable bonds is 3. The van der Waals surface area contributed by atoms with Gasteiger partial charge in [-0.2, -0.15) is 0 Å². The minimum atomic E-state index is 0.237. The van der Waals surface area contributed by atoms with Gasteiger partial charge >= 0.3 is 0 Å². The Labute approximate surface area is 97.0 Å². The Morgan fingerprint density at radius 3 is 2.62 bits per heavy atom. The van der Waals surface area contributed by atoms with Crippen molar-refractivity contribution >= 4 is 11.4 Å². The number of nitrogen functional groups attached to an aromatic ring is 1. The fraction of sp³-hybridized carbons (Fsp3) is 0.538. The third-order valence-electron chi connectivity index (χ3n) is 3.39. The molecule has 1 saturated carbocycles. The Bertz CT molecular complexity index is 370. The van der Waals surface area contributed by atoms with E-state index in [0.29, 0.717) is 5.69 Å². The number of ether oxygens (including phenoxy) is 1. The van der Waals surface area contributed by atoms with E-state index in [1.807, 2.05) is 18.2 Å². The van der Waals surface area contributed by atoms with Gasteiger partial charge in [-0.3, -0.25) is 0 Å². The highest BCUT2D eigenvalue weighted by molar-refractivity contribution is 5.62. The van der Waals surface area contributed by atoms with E-state index in [1.165, 1.54) is 25.7 Å². The molecule has 3 nitrogen and oxygen atoms in total. The van der Waals surface area contributed by atoms with Crippen LogP contribution in [-0.4, -0.2) is 12.6 Å². The predicted molar refractivity (Wildman–Crippen MR) is 67.9 cm³/mol. The molecule has 0 amide bonds. The highest BCUT2D eigenvalue weighted by atomic mass is 16.5. The molecular formula is C13H20N2O. The fourth-order valence-corrected chi connectivity index (χ4v) is 2.42. The van der Waals surface area contributed by atoms with Gasteiger partial charge in [-0.15, -0.1) is 0 Å². The molecule has 0 heterocycles. The smallest absolute Gasteiger partial charge is 0.143 e. The first-order valence-corrected chi connectivity index (χ1v) is 5.85. The van der Waals surface area contributed by atoms with Crippen molar-refractivity contribution in [3.63, 3.8) is 0 Å². The number of anilines is 2. The van der Waals surface area contributed by atoms with Crippen LogP contribution in [0.2, 0.25) is 0 Å². The molecule has 1 aromatic carbocycles.